The van der Waals surface area contributed by atoms with Crippen molar-refractivity contribution in [3.8, 4) is 42.5 Å². The minimum absolute atomic E-state index is 0.0810. The second kappa shape index (κ2) is 47.9. The second-order valence-electron chi connectivity index (χ2n) is 21.6. The van der Waals surface area contributed by atoms with Gasteiger partial charge in [-0.25, -0.2) is 48.3 Å². The van der Waals surface area contributed by atoms with E-state index in [0.717, 1.165) is 62.2 Å². The molecule has 0 saturated carbocycles. The number of hydrogen-bond acceptors (Lipinski definition) is 7. The van der Waals surface area contributed by atoms with E-state index in [9.17, 15) is 48.3 Å². The first-order valence-corrected chi connectivity index (χ1v) is 30.4. The molecule has 7 nitrogen and oxygen atoms in total. The van der Waals surface area contributed by atoms with E-state index >= 15 is 0 Å². The van der Waals surface area contributed by atoms with Gasteiger partial charge in [0.25, 0.3) is 0 Å². The number of rotatable bonds is 0. The molecule has 0 radical (unpaired) electrons. The molecule has 0 heterocycles. The van der Waals surface area contributed by atoms with Crippen LogP contribution in [-0.2, 0) is 0 Å². The van der Waals surface area contributed by atoms with Gasteiger partial charge in [0.1, 0.15) is 64.0 Å². The highest BCUT2D eigenvalue weighted by Gasteiger charge is 2.06. The molecule has 0 saturated heterocycles. The predicted octanol–water partition coefficient (Wildman–Crippen LogP) is 22.6. The first kappa shape index (κ1) is 87.1. The summed E-state index contributed by atoms with van der Waals surface area (Å²) in [6.07, 6.45) is 0. The molecule has 0 atom stereocenters. The largest absolute Gasteiger partial charge is 0.207 e. The molecular weight excluding hydrogens is 1320 g/mol. The van der Waals surface area contributed by atoms with Gasteiger partial charge in [0.2, 0.25) is 0 Å². The van der Waals surface area contributed by atoms with E-state index in [2.05, 4.69) is 18.2 Å². The summed E-state index contributed by atoms with van der Waals surface area (Å²) < 4.78 is 135. The fourth-order valence-corrected chi connectivity index (χ4v) is 7.32. The van der Waals surface area contributed by atoms with Crippen LogP contribution in [0.3, 0.4) is 0 Å². The van der Waals surface area contributed by atoms with E-state index in [-0.39, 0.29) is 22.8 Å². The molecule has 0 amide bonds. The van der Waals surface area contributed by atoms with Gasteiger partial charge in [-0.2, -0.15) is 36.8 Å². The van der Waals surface area contributed by atoms with Crippen molar-refractivity contribution in [3.63, 3.8) is 0 Å². The van der Waals surface area contributed by atoms with Crippen LogP contribution in [0.4, 0.5) is 48.3 Å². The molecule has 11 rings (SSSR count). The highest BCUT2D eigenvalue weighted by atomic mass is 19.2. The Kier molecular flexibility index (Phi) is 40.9. The monoisotopic (exact) mass is 1390 g/mol. The molecule has 0 aromatic heterocycles. The van der Waals surface area contributed by atoms with Gasteiger partial charge < -0.3 is 0 Å². The van der Waals surface area contributed by atoms with Crippen LogP contribution < -0.4 is 0 Å². The van der Waals surface area contributed by atoms with Crippen LogP contribution in [0.2, 0.25) is 0 Å². The molecular formula is C84H70F11N7. The summed E-state index contributed by atoms with van der Waals surface area (Å²) >= 11 is 0. The van der Waals surface area contributed by atoms with E-state index in [0.29, 0.717) is 45.5 Å². The molecule has 0 bridgehead atoms. The van der Waals surface area contributed by atoms with Crippen LogP contribution in [-0.4, -0.2) is 0 Å². The minimum atomic E-state index is -0.888. The standard InChI is InChI=1S/2C9H6N2.3C8H7N.C7H5F3.3C7H6F2.2C7H7F/c1-7-2-3-8(5-10)4-9(7)6-11;1-7-8(5-10)3-2-4-9(7)6-11;1-7-2-4-8(6-9)5-3-7;1-7-3-2-4-8(5-7)6-9;1-7-4-2-3-5-8(7)6-9;1-4-6(9)2-5(8)3-7(4)10;1-5-2-6(8)4-7(9)3-5;1-5-2-3-6(8)4-7(5)9;1-5-6(8)3-2-4-7(5)9;1-6-2-4-7(8)5-3-6;1-6-3-2-4-7(8)5-6/h2*2-4H,1H3;3*2-5H,1H3;2-3H,1H3;3*2-4H,1H3;2*2-5H,1H3. The Labute approximate surface area is 589 Å². The third-order valence-electron chi connectivity index (χ3n) is 13.2. The number of benzene rings is 11. The van der Waals surface area contributed by atoms with Crippen molar-refractivity contribution in [2.45, 2.75) is 76.2 Å². The lowest BCUT2D eigenvalue weighted by Gasteiger charge is -1.96. The van der Waals surface area contributed by atoms with Gasteiger partial charge in [0, 0.05) is 35.4 Å². The van der Waals surface area contributed by atoms with Crippen LogP contribution in [0.1, 0.15) is 100 Å². The van der Waals surface area contributed by atoms with Crippen LogP contribution in [0.5, 0.6) is 0 Å². The number of nitrogens with zero attached hydrogens (tertiary/aromatic N) is 7. The van der Waals surface area contributed by atoms with E-state index < -0.39 is 52.4 Å². The Bertz CT molecular complexity index is 4600. The zero-order valence-electron chi connectivity index (χ0n) is 57.7. The third-order valence-corrected chi connectivity index (χ3v) is 13.2. The highest BCUT2D eigenvalue weighted by molar-refractivity contribution is 5.47. The molecule has 0 fully saturated rings. The van der Waals surface area contributed by atoms with Crippen molar-refractivity contribution in [1.29, 1.82) is 36.8 Å². The molecule has 11 aromatic rings. The molecule has 0 spiro atoms. The molecule has 0 aliphatic heterocycles. The van der Waals surface area contributed by atoms with Gasteiger partial charge in [0.05, 0.1) is 81.4 Å². The lowest BCUT2D eigenvalue weighted by molar-refractivity contribution is 0.532. The minimum Gasteiger partial charge on any atom is -0.207 e. The lowest BCUT2D eigenvalue weighted by Crippen LogP contribution is -1.89. The van der Waals surface area contributed by atoms with Gasteiger partial charge in [-0.05, 0) is 224 Å². The van der Waals surface area contributed by atoms with Gasteiger partial charge in [-0.1, -0.05) is 102 Å². The first-order chi connectivity index (χ1) is 48.3. The number of aryl methyl sites for hydroxylation is 8. The maximum absolute atomic E-state index is 12.4. The van der Waals surface area contributed by atoms with Gasteiger partial charge in [-0.3, -0.25) is 0 Å². The Morgan fingerprint density at radius 2 is 0.559 bits per heavy atom. The molecule has 18 heteroatoms. The third kappa shape index (κ3) is 35.9. The average molecular weight is 1390 g/mol. The Balaban J connectivity index is 0.000000562. The SMILES string of the molecule is Cc1c(C#N)cccc1C#N.Cc1c(F)cc(F)cc1F.Cc1c(F)cccc1F.Cc1cc(F)cc(F)c1.Cc1ccc(C#N)cc1.Cc1ccc(C#N)cc1C#N.Cc1ccc(F)cc1.Cc1ccc(F)cc1F.Cc1cccc(C#N)c1.Cc1cccc(F)c1.Cc1ccccc1C#N. The van der Waals surface area contributed by atoms with Crippen LogP contribution >= 0.6 is 0 Å². The quantitative estimate of drug-likeness (QED) is 0.136. The Morgan fingerprint density at radius 1 is 0.196 bits per heavy atom. The van der Waals surface area contributed by atoms with E-state index in [1.165, 1.54) is 86.1 Å². The van der Waals surface area contributed by atoms with E-state index in [4.69, 9.17) is 36.8 Å². The normalized spacial score (nSPS) is 9.01. The van der Waals surface area contributed by atoms with E-state index in [1.54, 1.807) is 81.4 Å². The second-order valence-corrected chi connectivity index (χ2v) is 21.6. The highest BCUT2D eigenvalue weighted by Crippen LogP contribution is 2.15. The number of halogens is 11. The predicted molar refractivity (Wildman–Crippen MR) is 376 cm³/mol. The zero-order chi connectivity index (χ0) is 76.9. The van der Waals surface area contributed by atoms with Gasteiger partial charge >= 0.3 is 0 Å². The maximum Gasteiger partial charge on any atom is 0.131 e. The zero-order valence-corrected chi connectivity index (χ0v) is 57.7. The van der Waals surface area contributed by atoms with Crippen molar-refractivity contribution < 1.29 is 48.3 Å². The summed E-state index contributed by atoms with van der Waals surface area (Å²) in [5.74, 6) is -5.96. The molecule has 0 aliphatic carbocycles. The van der Waals surface area contributed by atoms with Crippen molar-refractivity contribution in [2.24, 2.45) is 0 Å². The summed E-state index contributed by atoms with van der Waals surface area (Å²) in [5, 5.41) is 59.5. The first-order valence-electron chi connectivity index (χ1n) is 30.4. The van der Waals surface area contributed by atoms with Crippen molar-refractivity contribution in [1.82, 2.24) is 0 Å². The summed E-state index contributed by atoms with van der Waals surface area (Å²) in [6, 6.07) is 71.9. The fourth-order valence-electron chi connectivity index (χ4n) is 7.32. The summed E-state index contributed by atoms with van der Waals surface area (Å²) in [7, 11) is 0. The van der Waals surface area contributed by atoms with Crippen LogP contribution in [0, 0.1) is 219 Å². The molecule has 518 valence electrons. The van der Waals surface area contributed by atoms with Gasteiger partial charge in [0.15, 0.2) is 0 Å². The van der Waals surface area contributed by atoms with Crippen LogP contribution in [0.25, 0.3) is 0 Å². The van der Waals surface area contributed by atoms with Crippen molar-refractivity contribution >= 4 is 0 Å². The topological polar surface area (TPSA) is 167 Å². The van der Waals surface area contributed by atoms with E-state index in [1.807, 2.05) is 139 Å². The van der Waals surface area contributed by atoms with Crippen molar-refractivity contribution in [2.75, 3.05) is 0 Å². The summed E-state index contributed by atoms with van der Waals surface area (Å²) in [6.45, 7) is 19.2. The molecule has 0 aliphatic rings. The number of nitriles is 7. The van der Waals surface area contributed by atoms with Crippen LogP contribution in [0.15, 0.2) is 224 Å². The summed E-state index contributed by atoms with van der Waals surface area (Å²) in [5.41, 5.74) is 12.6. The fraction of sp³-hybridized carbons (Fsp3) is 0.131. The number of hydrogen-bond donors (Lipinski definition) is 0. The maximum atomic E-state index is 12.4. The molecule has 0 unspecified atom stereocenters. The molecule has 11 aromatic carbocycles. The Hall–Kier alpha value is -12.9. The average Bonchev–Trinajstić information content (AvgIpc) is 0.918. The van der Waals surface area contributed by atoms with Gasteiger partial charge in [-0.15, -0.1) is 0 Å². The summed E-state index contributed by atoms with van der Waals surface area (Å²) in [4.78, 5) is 0. The lowest BCUT2D eigenvalue weighted by atomic mass is 10.0. The smallest absolute Gasteiger partial charge is 0.131 e. The molecule has 102 heavy (non-hydrogen) atoms. The Morgan fingerprint density at radius 3 is 0.951 bits per heavy atom. The van der Waals surface area contributed by atoms with Crippen molar-refractivity contribution in [3.05, 3.63) is 389 Å². The molecule has 0 N–H and O–H groups in total.